The van der Waals surface area contributed by atoms with Crippen LogP contribution in [-0.4, -0.2) is 30.9 Å². The molecule has 1 N–H and O–H groups in total. The lowest BCUT2D eigenvalue weighted by molar-refractivity contribution is -0.137. The fourth-order valence-electron chi connectivity index (χ4n) is 1.20. The van der Waals surface area contributed by atoms with Crippen molar-refractivity contribution in [3.05, 3.63) is 23.9 Å². The third kappa shape index (κ3) is 3.82. The number of anilines is 1. The number of pyridine rings is 1. The summed E-state index contributed by atoms with van der Waals surface area (Å²) in [6.45, 7) is 2.71. The molecule has 1 aromatic rings. The van der Waals surface area contributed by atoms with Crippen molar-refractivity contribution < 1.29 is 21.6 Å². The summed E-state index contributed by atoms with van der Waals surface area (Å²) >= 11 is 0. The molecule has 0 saturated heterocycles. The molecule has 0 fully saturated rings. The van der Waals surface area contributed by atoms with Gasteiger partial charge >= 0.3 is 6.18 Å². The van der Waals surface area contributed by atoms with Crippen molar-refractivity contribution in [1.29, 1.82) is 0 Å². The lowest BCUT2D eigenvalue weighted by Crippen LogP contribution is -2.38. The van der Waals surface area contributed by atoms with Crippen molar-refractivity contribution in [3.8, 4) is 0 Å². The van der Waals surface area contributed by atoms with Gasteiger partial charge in [0.2, 0.25) is 0 Å². The van der Waals surface area contributed by atoms with Gasteiger partial charge in [-0.25, -0.2) is 13.4 Å². The number of hydrogen-bond donors (Lipinski definition) is 1. The van der Waals surface area contributed by atoms with Crippen LogP contribution in [0.2, 0.25) is 0 Å². The number of nitrogens with one attached hydrogen (secondary N) is 1. The third-order valence-electron chi connectivity index (χ3n) is 2.80. The van der Waals surface area contributed by atoms with Crippen molar-refractivity contribution >= 4 is 15.7 Å². The van der Waals surface area contributed by atoms with Crippen LogP contribution in [0.5, 0.6) is 0 Å². The maximum absolute atomic E-state index is 12.7. The molecule has 0 aliphatic carbocycles. The molecule has 1 heterocycles. The van der Waals surface area contributed by atoms with Crippen molar-refractivity contribution in [2.75, 3.05) is 18.1 Å². The zero-order valence-corrected chi connectivity index (χ0v) is 11.6. The molecule has 4 nitrogen and oxygen atoms in total. The number of sulfone groups is 1. The first-order valence-electron chi connectivity index (χ1n) is 5.41. The highest BCUT2D eigenvalue weighted by Gasteiger charge is 2.35. The van der Waals surface area contributed by atoms with Gasteiger partial charge in [-0.15, -0.1) is 0 Å². The molecule has 1 rings (SSSR count). The normalized spacial score (nSPS) is 13.4. The molecule has 0 saturated carbocycles. The highest BCUT2D eigenvalue weighted by molar-refractivity contribution is 7.92. The van der Waals surface area contributed by atoms with Crippen molar-refractivity contribution in [1.82, 2.24) is 4.98 Å². The Kier molecular flexibility index (Phi) is 4.14. The van der Waals surface area contributed by atoms with E-state index >= 15 is 0 Å². The molecule has 0 atom stereocenters. The fourth-order valence-corrected chi connectivity index (χ4v) is 1.54. The number of alkyl halides is 3. The minimum atomic E-state index is -4.54. The molecule has 8 heteroatoms. The van der Waals surface area contributed by atoms with E-state index in [0.29, 0.717) is 0 Å². The highest BCUT2D eigenvalue weighted by Crippen LogP contribution is 2.33. The summed E-state index contributed by atoms with van der Waals surface area (Å²) < 4.78 is 59.9. The van der Waals surface area contributed by atoms with Gasteiger partial charge in [0.15, 0.2) is 9.84 Å². The number of halogens is 3. The van der Waals surface area contributed by atoms with Crippen LogP contribution >= 0.6 is 0 Å². The van der Waals surface area contributed by atoms with Crippen LogP contribution in [0.3, 0.4) is 0 Å². The Labute approximate surface area is 110 Å². The quantitative estimate of drug-likeness (QED) is 0.926. The van der Waals surface area contributed by atoms with E-state index in [9.17, 15) is 21.6 Å². The monoisotopic (exact) mass is 296 g/mol. The van der Waals surface area contributed by atoms with Gasteiger partial charge in [0.05, 0.1) is 10.3 Å². The summed E-state index contributed by atoms with van der Waals surface area (Å²) in [5.41, 5.74) is -0.917. The van der Waals surface area contributed by atoms with Gasteiger partial charge < -0.3 is 5.32 Å². The molecule has 108 valence electrons. The van der Waals surface area contributed by atoms with Gasteiger partial charge in [0.25, 0.3) is 0 Å². The molecule has 1 aromatic heterocycles. The molecule has 0 radical (unpaired) electrons. The Hall–Kier alpha value is -1.31. The lowest BCUT2D eigenvalue weighted by atomic mass is 10.2. The number of aromatic nitrogens is 1. The molecule has 0 spiro atoms. The molecule has 19 heavy (non-hydrogen) atoms. The smallest absolute Gasteiger partial charge is 0.368 e. The molecule has 0 amide bonds. The first-order valence-corrected chi connectivity index (χ1v) is 7.30. The van der Waals surface area contributed by atoms with Gasteiger partial charge in [0, 0.05) is 19.0 Å². The van der Waals surface area contributed by atoms with Gasteiger partial charge in [-0.2, -0.15) is 13.2 Å². The predicted octanol–water partition coefficient (Wildman–Crippen LogP) is 2.34. The van der Waals surface area contributed by atoms with Crippen LogP contribution in [-0.2, 0) is 16.0 Å². The predicted molar refractivity (Wildman–Crippen MR) is 66.7 cm³/mol. The van der Waals surface area contributed by atoms with Crippen LogP contribution in [0.25, 0.3) is 0 Å². The van der Waals surface area contributed by atoms with E-state index < -0.39 is 26.3 Å². The average molecular weight is 296 g/mol. The summed E-state index contributed by atoms with van der Waals surface area (Å²) in [5, 5.41) is 2.46. The molecular weight excluding hydrogens is 281 g/mol. The Balaban J connectivity index is 2.97. The van der Waals surface area contributed by atoms with E-state index in [1.807, 2.05) is 0 Å². The lowest BCUT2D eigenvalue weighted by Gasteiger charge is -2.24. The van der Waals surface area contributed by atoms with E-state index in [4.69, 9.17) is 0 Å². The SMILES string of the molecule is CC(C)(CNc1ncccc1C(F)(F)F)S(C)(=O)=O. The zero-order valence-electron chi connectivity index (χ0n) is 10.7. The van der Waals surface area contributed by atoms with E-state index in [2.05, 4.69) is 10.3 Å². The van der Waals surface area contributed by atoms with E-state index in [-0.39, 0.29) is 12.4 Å². The molecule has 0 aromatic carbocycles. The van der Waals surface area contributed by atoms with E-state index in [1.165, 1.54) is 26.1 Å². The van der Waals surface area contributed by atoms with Crippen LogP contribution < -0.4 is 5.32 Å². The second-order valence-electron chi connectivity index (χ2n) is 4.78. The minimum Gasteiger partial charge on any atom is -0.368 e. The Morgan fingerprint density at radius 3 is 2.37 bits per heavy atom. The number of nitrogens with zero attached hydrogens (tertiary/aromatic N) is 1. The molecule has 0 bridgehead atoms. The Morgan fingerprint density at radius 2 is 1.89 bits per heavy atom. The van der Waals surface area contributed by atoms with Crippen molar-refractivity contribution in [2.24, 2.45) is 0 Å². The Bertz CT molecular complexity index is 553. The third-order valence-corrected chi connectivity index (χ3v) is 4.95. The van der Waals surface area contributed by atoms with Crippen LogP contribution in [0.4, 0.5) is 19.0 Å². The zero-order chi connectivity index (χ0) is 14.9. The second kappa shape index (κ2) is 4.99. The molecule has 0 unspecified atom stereocenters. The fraction of sp³-hybridized carbons (Fsp3) is 0.545. The van der Waals surface area contributed by atoms with Crippen LogP contribution in [0.1, 0.15) is 19.4 Å². The molecule has 0 aliphatic heterocycles. The topological polar surface area (TPSA) is 59.1 Å². The number of rotatable bonds is 4. The number of hydrogen-bond acceptors (Lipinski definition) is 4. The average Bonchev–Trinajstić information content (AvgIpc) is 2.24. The standard InChI is InChI=1S/C11H15F3N2O2S/c1-10(2,19(3,17)18)7-16-9-8(11(12,13)14)5-4-6-15-9/h4-6H,7H2,1-3H3,(H,15,16). The maximum atomic E-state index is 12.7. The molecular formula is C11H15F3N2O2S. The van der Waals surface area contributed by atoms with Gasteiger partial charge in [-0.1, -0.05) is 0 Å². The first-order chi connectivity index (χ1) is 8.45. The minimum absolute atomic E-state index is 0.161. The largest absolute Gasteiger partial charge is 0.419 e. The van der Waals surface area contributed by atoms with Crippen LogP contribution in [0, 0.1) is 0 Å². The van der Waals surface area contributed by atoms with Crippen molar-refractivity contribution in [2.45, 2.75) is 24.8 Å². The summed E-state index contributed by atoms with van der Waals surface area (Å²) in [6.07, 6.45) is -2.28. The summed E-state index contributed by atoms with van der Waals surface area (Å²) in [6, 6.07) is 2.07. The summed E-state index contributed by atoms with van der Waals surface area (Å²) in [7, 11) is -3.39. The summed E-state index contributed by atoms with van der Waals surface area (Å²) in [5.74, 6) is -0.369. The highest BCUT2D eigenvalue weighted by atomic mass is 32.2. The first kappa shape index (κ1) is 15.7. The molecule has 0 aliphatic rings. The van der Waals surface area contributed by atoms with E-state index in [1.54, 1.807) is 0 Å². The Morgan fingerprint density at radius 1 is 1.32 bits per heavy atom. The van der Waals surface area contributed by atoms with Gasteiger partial charge in [-0.3, -0.25) is 0 Å². The van der Waals surface area contributed by atoms with E-state index in [0.717, 1.165) is 12.3 Å². The second-order valence-corrected chi connectivity index (χ2v) is 7.43. The van der Waals surface area contributed by atoms with Gasteiger partial charge in [-0.05, 0) is 26.0 Å². The summed E-state index contributed by atoms with van der Waals surface area (Å²) in [4.78, 5) is 3.60. The maximum Gasteiger partial charge on any atom is 0.419 e. The van der Waals surface area contributed by atoms with Gasteiger partial charge in [0.1, 0.15) is 5.82 Å². The van der Waals surface area contributed by atoms with Crippen LogP contribution in [0.15, 0.2) is 18.3 Å². The van der Waals surface area contributed by atoms with Crippen molar-refractivity contribution in [3.63, 3.8) is 0 Å².